The van der Waals surface area contributed by atoms with Crippen LogP contribution in [0.4, 0.5) is 0 Å². The first-order valence-corrected chi connectivity index (χ1v) is 8.14. The lowest BCUT2D eigenvalue weighted by atomic mass is 10.0. The van der Waals surface area contributed by atoms with Crippen molar-refractivity contribution in [3.8, 4) is 5.75 Å². The maximum absolute atomic E-state index is 9.62. The molecular formula is C20H20O3. The molecule has 4 rings (SSSR count). The van der Waals surface area contributed by atoms with Crippen LogP contribution < -0.4 is 4.74 Å². The van der Waals surface area contributed by atoms with Crippen LogP contribution in [-0.4, -0.2) is 11.7 Å². The topological polar surface area (TPSA) is 42.6 Å². The van der Waals surface area contributed by atoms with E-state index in [0.29, 0.717) is 5.76 Å². The Kier molecular flexibility index (Phi) is 3.58. The van der Waals surface area contributed by atoms with Crippen LogP contribution in [0.5, 0.6) is 5.75 Å². The van der Waals surface area contributed by atoms with Crippen LogP contribution in [0.3, 0.4) is 0 Å². The average Bonchev–Trinajstić information content (AvgIpc) is 3.18. The Morgan fingerprint density at radius 1 is 1.04 bits per heavy atom. The summed E-state index contributed by atoms with van der Waals surface area (Å²) in [7, 11) is 0. The van der Waals surface area contributed by atoms with Crippen LogP contribution in [0.15, 0.2) is 46.9 Å². The molecule has 1 atom stereocenters. The minimum Gasteiger partial charge on any atom is -0.493 e. The molecule has 1 unspecified atom stereocenters. The number of benzene rings is 2. The summed E-state index contributed by atoms with van der Waals surface area (Å²) >= 11 is 0. The molecular weight excluding hydrogens is 288 g/mol. The normalized spacial score (nSPS) is 14.7. The van der Waals surface area contributed by atoms with Crippen molar-refractivity contribution in [2.75, 3.05) is 6.61 Å². The predicted molar refractivity (Wildman–Crippen MR) is 89.9 cm³/mol. The first-order chi connectivity index (χ1) is 11.2. The maximum Gasteiger partial charge on any atom is 0.134 e. The number of rotatable bonds is 4. The summed E-state index contributed by atoms with van der Waals surface area (Å²) in [5.74, 6) is 1.66. The summed E-state index contributed by atoms with van der Waals surface area (Å²) in [6, 6.07) is 14.7. The third-order valence-electron chi connectivity index (χ3n) is 4.47. The third-order valence-corrected chi connectivity index (χ3v) is 4.47. The molecule has 0 amide bonds. The van der Waals surface area contributed by atoms with E-state index in [0.717, 1.165) is 42.6 Å². The van der Waals surface area contributed by atoms with Crippen molar-refractivity contribution >= 4 is 11.0 Å². The zero-order chi connectivity index (χ0) is 15.8. The Balaban J connectivity index is 1.51. The van der Waals surface area contributed by atoms with E-state index in [9.17, 15) is 5.11 Å². The maximum atomic E-state index is 9.62. The second kappa shape index (κ2) is 5.74. The van der Waals surface area contributed by atoms with Crippen LogP contribution in [0, 0.1) is 0 Å². The Bertz CT molecular complexity index is 845. The second-order valence-electron chi connectivity index (χ2n) is 6.24. The molecule has 1 N–H and O–H groups in total. The fraction of sp³-hybridized carbons (Fsp3) is 0.300. The highest BCUT2D eigenvalue weighted by Crippen LogP contribution is 2.27. The Morgan fingerprint density at radius 2 is 1.83 bits per heavy atom. The van der Waals surface area contributed by atoms with Crippen molar-refractivity contribution in [2.45, 2.75) is 32.3 Å². The number of hydrogen-bond donors (Lipinski definition) is 1. The summed E-state index contributed by atoms with van der Waals surface area (Å²) in [6.45, 7) is 2.52. The van der Waals surface area contributed by atoms with E-state index in [1.807, 2.05) is 6.07 Å². The van der Waals surface area contributed by atoms with Crippen molar-refractivity contribution in [1.82, 2.24) is 0 Å². The van der Waals surface area contributed by atoms with Gasteiger partial charge in [0.15, 0.2) is 0 Å². The minimum absolute atomic E-state index is 0.570. The van der Waals surface area contributed by atoms with Gasteiger partial charge in [0.2, 0.25) is 0 Å². The zero-order valence-corrected chi connectivity index (χ0v) is 13.2. The molecule has 0 spiro atoms. The quantitative estimate of drug-likeness (QED) is 0.785. The number of aliphatic hydroxyl groups is 1. The summed E-state index contributed by atoms with van der Waals surface area (Å²) in [6.07, 6.45) is 2.42. The summed E-state index contributed by atoms with van der Waals surface area (Å²) in [4.78, 5) is 0. The van der Waals surface area contributed by atoms with Gasteiger partial charge in [0.1, 0.15) is 23.2 Å². The molecule has 23 heavy (non-hydrogen) atoms. The van der Waals surface area contributed by atoms with Crippen LogP contribution in [-0.2, 0) is 19.3 Å². The summed E-state index contributed by atoms with van der Waals surface area (Å²) < 4.78 is 11.3. The first kappa shape index (κ1) is 14.3. The van der Waals surface area contributed by atoms with Gasteiger partial charge in [-0.05, 0) is 54.7 Å². The molecule has 118 valence electrons. The van der Waals surface area contributed by atoms with E-state index < -0.39 is 6.10 Å². The molecule has 0 fully saturated rings. The lowest BCUT2D eigenvalue weighted by Crippen LogP contribution is -1.92. The molecule has 0 aliphatic carbocycles. The van der Waals surface area contributed by atoms with Gasteiger partial charge >= 0.3 is 0 Å². The van der Waals surface area contributed by atoms with Gasteiger partial charge in [-0.15, -0.1) is 0 Å². The monoisotopic (exact) mass is 308 g/mol. The fourth-order valence-electron chi connectivity index (χ4n) is 3.14. The van der Waals surface area contributed by atoms with E-state index in [2.05, 4.69) is 36.4 Å². The van der Waals surface area contributed by atoms with Crippen LogP contribution >= 0.6 is 0 Å². The van der Waals surface area contributed by atoms with Crippen LogP contribution in [0.1, 0.15) is 35.5 Å². The Hall–Kier alpha value is -2.26. The Morgan fingerprint density at radius 3 is 2.65 bits per heavy atom. The highest BCUT2D eigenvalue weighted by molar-refractivity contribution is 5.78. The molecule has 3 nitrogen and oxygen atoms in total. The van der Waals surface area contributed by atoms with E-state index in [-0.39, 0.29) is 0 Å². The molecule has 3 heteroatoms. The molecule has 2 heterocycles. The minimum atomic E-state index is -0.570. The largest absolute Gasteiger partial charge is 0.493 e. The number of aliphatic hydroxyl groups excluding tert-OH is 1. The van der Waals surface area contributed by atoms with Crippen molar-refractivity contribution in [1.29, 1.82) is 0 Å². The fourth-order valence-corrected chi connectivity index (χ4v) is 3.14. The number of ether oxygens (including phenoxy) is 1. The predicted octanol–water partition coefficient (Wildman–Crippen LogP) is 4.21. The summed E-state index contributed by atoms with van der Waals surface area (Å²) in [5, 5.41) is 10.7. The number of fused-ring (bicyclic) bond motifs is 2. The van der Waals surface area contributed by atoms with Gasteiger partial charge in [0.05, 0.1) is 6.61 Å². The van der Waals surface area contributed by atoms with Gasteiger partial charge in [-0.3, -0.25) is 0 Å². The molecule has 0 saturated heterocycles. The van der Waals surface area contributed by atoms with Gasteiger partial charge in [0, 0.05) is 11.8 Å². The zero-order valence-electron chi connectivity index (χ0n) is 13.2. The molecule has 2 aromatic carbocycles. The lowest BCUT2D eigenvalue weighted by Gasteiger charge is -2.05. The van der Waals surface area contributed by atoms with Gasteiger partial charge < -0.3 is 14.3 Å². The first-order valence-electron chi connectivity index (χ1n) is 8.14. The smallest absolute Gasteiger partial charge is 0.134 e. The van der Waals surface area contributed by atoms with Crippen molar-refractivity contribution in [2.24, 2.45) is 0 Å². The molecule has 0 saturated carbocycles. The van der Waals surface area contributed by atoms with E-state index >= 15 is 0 Å². The van der Waals surface area contributed by atoms with E-state index in [4.69, 9.17) is 9.15 Å². The highest BCUT2D eigenvalue weighted by atomic mass is 16.5. The molecule has 3 aromatic rings. The second-order valence-corrected chi connectivity index (χ2v) is 6.24. The highest BCUT2D eigenvalue weighted by Gasteiger charge is 2.12. The molecule has 1 aromatic heterocycles. The standard InChI is InChI=1S/C20H20O3/c1-13(21)19-12-16-6-4-15(11-20(16)23-19)3-2-14-5-7-18-17(10-14)8-9-22-18/h4-7,10-13,21H,2-3,8-9H2,1H3. The molecule has 0 radical (unpaired) electrons. The molecule has 1 aliphatic heterocycles. The van der Waals surface area contributed by atoms with Crippen molar-refractivity contribution in [3.63, 3.8) is 0 Å². The van der Waals surface area contributed by atoms with E-state index in [1.54, 1.807) is 6.92 Å². The van der Waals surface area contributed by atoms with Crippen molar-refractivity contribution in [3.05, 3.63) is 64.9 Å². The van der Waals surface area contributed by atoms with Gasteiger partial charge in [0.25, 0.3) is 0 Å². The lowest BCUT2D eigenvalue weighted by molar-refractivity contribution is 0.172. The number of furan rings is 1. The summed E-state index contributed by atoms with van der Waals surface area (Å²) in [5.41, 5.74) is 4.77. The Labute approximate surface area is 135 Å². The number of aryl methyl sites for hydroxylation is 2. The molecule has 0 bridgehead atoms. The number of hydrogen-bond acceptors (Lipinski definition) is 3. The van der Waals surface area contributed by atoms with Crippen LogP contribution in [0.2, 0.25) is 0 Å². The molecule has 1 aliphatic rings. The van der Waals surface area contributed by atoms with Crippen LogP contribution in [0.25, 0.3) is 11.0 Å². The average molecular weight is 308 g/mol. The van der Waals surface area contributed by atoms with Crippen molar-refractivity contribution < 1.29 is 14.3 Å². The third kappa shape index (κ3) is 2.84. The van der Waals surface area contributed by atoms with Gasteiger partial charge in [-0.1, -0.05) is 24.3 Å². The van der Waals surface area contributed by atoms with Gasteiger partial charge in [-0.25, -0.2) is 0 Å². The van der Waals surface area contributed by atoms with Gasteiger partial charge in [-0.2, -0.15) is 0 Å². The van der Waals surface area contributed by atoms with E-state index in [1.165, 1.54) is 16.7 Å². The SMILES string of the molecule is CC(O)c1cc2ccc(CCc3ccc4c(c3)CCO4)cc2o1.